The van der Waals surface area contributed by atoms with Gasteiger partial charge in [0.15, 0.2) is 0 Å². The van der Waals surface area contributed by atoms with Crippen molar-refractivity contribution < 1.29 is 28.3 Å². The molecule has 0 bridgehead atoms. The summed E-state index contributed by atoms with van der Waals surface area (Å²) in [4.78, 5) is 8.92. The summed E-state index contributed by atoms with van der Waals surface area (Å²) >= 11 is 1.64. The van der Waals surface area contributed by atoms with Gasteiger partial charge in [0.2, 0.25) is 0 Å². The van der Waals surface area contributed by atoms with E-state index in [1.54, 1.807) is 11.3 Å². The van der Waals surface area contributed by atoms with Crippen LogP contribution in [0.15, 0.2) is 103 Å². The number of pyridine rings is 2. The van der Waals surface area contributed by atoms with Crippen molar-refractivity contribution in [3.8, 4) is 33.6 Å². The smallest absolute Gasteiger partial charge is 0.113 e. The maximum Gasteiger partial charge on any atom is 0.113 e. The Kier molecular flexibility index (Phi) is 7.22. The van der Waals surface area contributed by atoms with Crippen LogP contribution in [0.3, 0.4) is 0 Å². The van der Waals surface area contributed by atoms with Gasteiger partial charge in [0, 0.05) is 45.4 Å². The average Bonchev–Trinajstić information content (AvgIpc) is 3.58. The van der Waals surface area contributed by atoms with Gasteiger partial charge in [-0.25, -0.2) is 0 Å². The van der Waals surface area contributed by atoms with Crippen LogP contribution in [0, 0.1) is 25.8 Å². The zero-order valence-electron chi connectivity index (χ0n) is 33.0. The fourth-order valence-electron chi connectivity index (χ4n) is 6.27. The second-order valence-corrected chi connectivity index (χ2v) is 23.8. The number of thiophene rings is 1. The minimum Gasteiger partial charge on any atom is -0.305 e. The minimum absolute atomic E-state index is 0. The van der Waals surface area contributed by atoms with Gasteiger partial charge in [0.05, 0.1) is 8.07 Å². The van der Waals surface area contributed by atoms with Crippen molar-refractivity contribution in [1.82, 2.24) is 9.97 Å². The number of hydrogen-bond acceptors (Lipinski definition) is 3. The molecule has 0 spiro atoms. The molecule has 4 heterocycles. The standard InChI is InChI=1S/C27H22NSSi.C14H16NSi.Ir/c1-16-12-23(28-15-17(16)2)20-10-7-9-19-21-14-26-22(13-24(21)29-27(19)20)18-8-5-6-11-25(18)30(26,3)4;1-16(2,3)13-9-10-14(15-11-13)12-7-5-4-6-8-12;/h5-9,11-15H,1-4H3;4-7,9-11H,1-3H3;/q2*-1;/i1D3,2D3;;. The number of aromatic nitrogens is 2. The molecule has 0 amide bonds. The second-order valence-electron chi connectivity index (χ2n) is 13.3. The molecule has 2 nitrogen and oxygen atoms in total. The Bertz CT molecular complexity index is 2450. The van der Waals surface area contributed by atoms with Crippen molar-refractivity contribution in [1.29, 1.82) is 0 Å². The summed E-state index contributed by atoms with van der Waals surface area (Å²) < 4.78 is 49.2. The molecule has 0 atom stereocenters. The fourth-order valence-corrected chi connectivity index (χ4v) is 11.6. The van der Waals surface area contributed by atoms with Gasteiger partial charge < -0.3 is 9.97 Å². The van der Waals surface area contributed by atoms with Crippen LogP contribution in [-0.2, 0) is 20.1 Å². The van der Waals surface area contributed by atoms with Crippen LogP contribution in [0.25, 0.3) is 53.8 Å². The molecule has 4 aromatic carbocycles. The molecule has 6 heteroatoms. The first kappa shape index (κ1) is 26.4. The van der Waals surface area contributed by atoms with Gasteiger partial charge in [-0.1, -0.05) is 92.2 Å². The van der Waals surface area contributed by atoms with Gasteiger partial charge in [0.25, 0.3) is 0 Å². The van der Waals surface area contributed by atoms with Gasteiger partial charge in [-0.2, -0.15) is 11.3 Å². The molecule has 3 aromatic heterocycles. The Balaban J connectivity index is 0.000000238. The van der Waals surface area contributed by atoms with Crippen molar-refractivity contribution >= 4 is 63.2 Å². The Labute approximate surface area is 306 Å². The third-order valence-electron chi connectivity index (χ3n) is 8.91. The Morgan fingerprint density at radius 1 is 0.723 bits per heavy atom. The van der Waals surface area contributed by atoms with E-state index in [1.807, 2.05) is 42.6 Å². The van der Waals surface area contributed by atoms with E-state index in [1.165, 1.54) is 44.3 Å². The monoisotopic (exact) mass is 845 g/mol. The van der Waals surface area contributed by atoms with Gasteiger partial charge in [-0.3, -0.25) is 0 Å². The molecule has 7 aromatic rings. The number of fused-ring (bicyclic) bond motifs is 6. The van der Waals surface area contributed by atoms with Gasteiger partial charge in [-0.05, 0) is 73.5 Å². The molecule has 47 heavy (non-hydrogen) atoms. The number of rotatable bonds is 3. The molecular formula is C41H38IrN2SSi2-2. The summed E-state index contributed by atoms with van der Waals surface area (Å²) in [5.41, 5.74) is 5.36. The Morgan fingerprint density at radius 2 is 1.51 bits per heavy atom. The molecule has 1 aliphatic rings. The van der Waals surface area contributed by atoms with Crippen LogP contribution >= 0.6 is 11.3 Å². The van der Waals surface area contributed by atoms with E-state index in [4.69, 9.17) is 8.22 Å². The quantitative estimate of drug-likeness (QED) is 0.131. The molecule has 0 unspecified atom stereocenters. The predicted molar refractivity (Wildman–Crippen MR) is 205 cm³/mol. The van der Waals surface area contributed by atoms with E-state index in [2.05, 4.69) is 103 Å². The van der Waals surface area contributed by atoms with E-state index >= 15 is 0 Å². The molecule has 0 fully saturated rings. The Morgan fingerprint density at radius 3 is 2.23 bits per heavy atom. The van der Waals surface area contributed by atoms with E-state index in [-0.39, 0.29) is 31.2 Å². The first-order valence-electron chi connectivity index (χ1n) is 18.4. The fraction of sp³-hybridized carbons (Fsp3) is 0.171. The molecule has 237 valence electrons. The maximum atomic E-state index is 7.93. The molecule has 8 rings (SSSR count). The summed E-state index contributed by atoms with van der Waals surface area (Å²) in [7, 11) is -3.05. The molecule has 0 saturated carbocycles. The molecule has 0 N–H and O–H groups in total. The van der Waals surface area contributed by atoms with Crippen LogP contribution in [0.1, 0.15) is 19.4 Å². The third-order valence-corrected chi connectivity index (χ3v) is 15.7. The molecule has 1 aliphatic heterocycles. The second kappa shape index (κ2) is 12.8. The van der Waals surface area contributed by atoms with Gasteiger partial charge >= 0.3 is 0 Å². The molecule has 0 aliphatic carbocycles. The summed E-state index contributed by atoms with van der Waals surface area (Å²) in [6.07, 6.45) is 3.20. The first-order valence-corrected chi connectivity index (χ1v) is 22.7. The van der Waals surface area contributed by atoms with Crippen LogP contribution in [0.2, 0.25) is 32.7 Å². The third kappa shape index (κ3) is 6.14. The number of hydrogen-bond donors (Lipinski definition) is 0. The Hall–Kier alpha value is -3.52. The number of benzene rings is 4. The van der Waals surface area contributed by atoms with Crippen molar-refractivity contribution in [3.05, 3.63) is 127 Å². The number of nitrogens with zero attached hydrogens (tertiary/aromatic N) is 2. The van der Waals surface area contributed by atoms with Crippen LogP contribution in [-0.4, -0.2) is 26.1 Å². The topological polar surface area (TPSA) is 25.8 Å². The van der Waals surface area contributed by atoms with Crippen molar-refractivity contribution in [2.45, 2.75) is 46.4 Å². The maximum absolute atomic E-state index is 7.93. The van der Waals surface area contributed by atoms with Crippen molar-refractivity contribution in [2.75, 3.05) is 0 Å². The van der Waals surface area contributed by atoms with E-state index in [9.17, 15) is 0 Å². The normalized spacial score (nSPS) is 15.4. The van der Waals surface area contributed by atoms with Crippen molar-refractivity contribution in [2.24, 2.45) is 0 Å². The van der Waals surface area contributed by atoms with E-state index in [0.717, 1.165) is 26.0 Å². The SMILES string of the molecule is C[Si](C)(C)c1ccc(-c2[c-]cccc2)nc1.[2H]C([2H])([2H])c1cnc(-c2[c-]ccc3c2sc2cc4c(cc23)[Si](C)(C)c2ccccc2-4)cc1C([2H])([2H])[2H].[Ir]. The minimum atomic E-state index is -2.57. The van der Waals surface area contributed by atoms with Crippen LogP contribution < -0.4 is 15.6 Å². The van der Waals surface area contributed by atoms with Crippen LogP contribution in [0.5, 0.6) is 0 Å². The van der Waals surface area contributed by atoms with Gasteiger partial charge in [0.1, 0.15) is 8.07 Å². The summed E-state index contributed by atoms with van der Waals surface area (Å²) in [5, 5.41) is 6.53. The summed E-state index contributed by atoms with van der Waals surface area (Å²) in [5.74, 6) is 0. The zero-order valence-corrected chi connectivity index (χ0v) is 32.2. The van der Waals surface area contributed by atoms with Crippen LogP contribution in [0.4, 0.5) is 0 Å². The zero-order chi connectivity index (χ0) is 37.2. The van der Waals surface area contributed by atoms with Gasteiger partial charge in [-0.15, -0.1) is 59.7 Å². The first-order chi connectivity index (χ1) is 24.4. The summed E-state index contributed by atoms with van der Waals surface area (Å²) in [6.45, 7) is 6.65. The summed E-state index contributed by atoms with van der Waals surface area (Å²) in [6, 6.07) is 37.3. The largest absolute Gasteiger partial charge is 0.305 e. The van der Waals surface area contributed by atoms with Crippen molar-refractivity contribution in [3.63, 3.8) is 0 Å². The van der Waals surface area contributed by atoms with E-state index < -0.39 is 29.9 Å². The molecule has 1 radical (unpaired) electrons. The molecular weight excluding hydrogens is 801 g/mol. The van der Waals surface area contributed by atoms with E-state index in [0.29, 0.717) is 11.3 Å². The number of aryl methyl sites for hydroxylation is 2. The predicted octanol–water partition coefficient (Wildman–Crippen LogP) is 9.43. The average molecular weight is 845 g/mol. The molecule has 0 saturated heterocycles.